The molecule has 158 valence electrons. The maximum absolute atomic E-state index is 11.6. The molecule has 0 spiro atoms. The summed E-state index contributed by atoms with van der Waals surface area (Å²) in [4.78, 5) is 21.1. The number of carbonyl (C=O) groups is 1. The Labute approximate surface area is 190 Å². The molecule has 0 bridgehead atoms. The van der Waals surface area contributed by atoms with Gasteiger partial charge in [-0.05, 0) is 37.8 Å². The Morgan fingerprint density at radius 2 is 1.93 bits per heavy atom. The third-order valence-electron chi connectivity index (χ3n) is 4.71. The van der Waals surface area contributed by atoms with Crippen molar-refractivity contribution < 1.29 is 14.3 Å². The van der Waals surface area contributed by atoms with Crippen molar-refractivity contribution in [2.75, 3.05) is 32.0 Å². The number of carbonyl (C=O) groups excluding carboxylic acids is 1. The number of thioether (sulfide) groups is 3. The predicted molar refractivity (Wildman–Crippen MR) is 125 cm³/mol. The van der Waals surface area contributed by atoms with Crippen LogP contribution in [-0.4, -0.2) is 47.9 Å². The lowest BCUT2D eigenvalue weighted by molar-refractivity contribution is -0.142. The summed E-state index contributed by atoms with van der Waals surface area (Å²) in [5.74, 6) is 7.48. The smallest absolute Gasteiger partial charge is 0.313 e. The Balaban J connectivity index is 1.89. The first-order valence-electron chi connectivity index (χ1n) is 9.49. The quantitative estimate of drug-likeness (QED) is 0.273. The lowest BCUT2D eigenvalue weighted by atomic mass is 10.0. The highest BCUT2D eigenvalue weighted by Crippen LogP contribution is 2.53. The zero-order valence-electron chi connectivity index (χ0n) is 17.5. The summed E-state index contributed by atoms with van der Waals surface area (Å²) in [7, 11) is 0. The molecule has 30 heavy (non-hydrogen) atoms. The molecule has 0 amide bonds. The molecule has 1 aromatic heterocycles. The minimum Gasteiger partial charge on any atom is -0.493 e. The van der Waals surface area contributed by atoms with E-state index in [0.717, 1.165) is 29.2 Å². The van der Waals surface area contributed by atoms with Crippen LogP contribution < -0.4 is 4.74 Å². The molecule has 2 aromatic rings. The van der Waals surface area contributed by atoms with Gasteiger partial charge in [-0.25, -0.2) is 9.97 Å². The number of esters is 1. The van der Waals surface area contributed by atoms with Gasteiger partial charge in [0.05, 0.1) is 22.9 Å². The number of hydrogen-bond acceptors (Lipinski definition) is 8. The highest BCUT2D eigenvalue weighted by atomic mass is 32.2. The van der Waals surface area contributed by atoms with Gasteiger partial charge >= 0.3 is 5.97 Å². The molecule has 3 rings (SSSR count). The number of rotatable bonds is 6. The van der Waals surface area contributed by atoms with Gasteiger partial charge in [-0.15, -0.1) is 35.3 Å². The molecule has 0 unspecified atom stereocenters. The van der Waals surface area contributed by atoms with Crippen molar-refractivity contribution in [2.24, 2.45) is 0 Å². The topological polar surface area (TPSA) is 61.3 Å². The third kappa shape index (κ3) is 5.08. The second-order valence-corrected chi connectivity index (χ2v) is 9.74. The van der Waals surface area contributed by atoms with E-state index in [1.54, 1.807) is 31.1 Å². The maximum Gasteiger partial charge on any atom is 0.313 e. The molecule has 2 heterocycles. The number of hydrogen-bond donors (Lipinski definition) is 0. The van der Waals surface area contributed by atoms with Gasteiger partial charge in [0.15, 0.2) is 0 Å². The Morgan fingerprint density at radius 3 is 2.57 bits per heavy atom. The lowest BCUT2D eigenvalue weighted by Gasteiger charge is -2.36. The molecule has 0 saturated carbocycles. The Bertz CT molecular complexity index is 964. The van der Waals surface area contributed by atoms with Gasteiger partial charge in [-0.2, -0.15) is 0 Å². The Morgan fingerprint density at radius 1 is 1.20 bits per heavy atom. The van der Waals surface area contributed by atoms with Gasteiger partial charge in [0, 0.05) is 34.8 Å². The number of benzene rings is 1. The average Bonchev–Trinajstić information content (AvgIpc) is 2.77. The number of aromatic nitrogens is 2. The van der Waals surface area contributed by atoms with Crippen LogP contribution in [0.1, 0.15) is 35.9 Å². The summed E-state index contributed by atoms with van der Waals surface area (Å²) in [5.41, 5.74) is 2.86. The average molecular weight is 461 g/mol. The molecule has 1 aromatic carbocycles. The summed E-state index contributed by atoms with van der Waals surface area (Å²) >= 11 is 5.36. The monoisotopic (exact) mass is 460 g/mol. The van der Waals surface area contributed by atoms with E-state index in [1.165, 1.54) is 5.56 Å². The van der Waals surface area contributed by atoms with Crippen molar-refractivity contribution in [1.82, 2.24) is 9.97 Å². The summed E-state index contributed by atoms with van der Waals surface area (Å²) < 4.78 is 10.9. The van der Waals surface area contributed by atoms with E-state index in [9.17, 15) is 4.79 Å². The standard InChI is InChI=1S/C22H24N2O3S3/c1-5-26-21(25)12-20-23-13-15(14-24-20)6-7-16-10-17-18(11-19(16)28-2)27-9-8-22(17,29-3)30-4/h10-11,13-14H,5,8-9,12H2,1-4H3. The van der Waals surface area contributed by atoms with Gasteiger partial charge in [0.25, 0.3) is 0 Å². The van der Waals surface area contributed by atoms with Crippen molar-refractivity contribution in [3.63, 3.8) is 0 Å². The molecule has 0 N–H and O–H groups in total. The molecule has 8 heteroatoms. The van der Waals surface area contributed by atoms with Crippen molar-refractivity contribution in [2.45, 2.75) is 28.7 Å². The third-order valence-corrected chi connectivity index (χ3v) is 8.66. The number of ether oxygens (including phenoxy) is 2. The van der Waals surface area contributed by atoms with Gasteiger partial charge < -0.3 is 9.47 Å². The zero-order valence-corrected chi connectivity index (χ0v) is 19.9. The first-order valence-corrected chi connectivity index (χ1v) is 13.2. The van der Waals surface area contributed by atoms with E-state index in [4.69, 9.17) is 9.47 Å². The van der Waals surface area contributed by atoms with Crippen LogP contribution in [0.25, 0.3) is 0 Å². The van der Waals surface area contributed by atoms with E-state index in [-0.39, 0.29) is 16.5 Å². The second kappa shape index (κ2) is 10.5. The van der Waals surface area contributed by atoms with Crippen LogP contribution in [0.5, 0.6) is 5.75 Å². The van der Waals surface area contributed by atoms with Gasteiger partial charge in [0.1, 0.15) is 18.0 Å². The minimum absolute atomic E-state index is 0.0151. The molecule has 0 fully saturated rings. The van der Waals surface area contributed by atoms with Crippen LogP contribution in [0, 0.1) is 11.8 Å². The summed E-state index contributed by atoms with van der Waals surface area (Å²) in [6.07, 6.45) is 10.6. The number of nitrogens with zero attached hydrogens (tertiary/aromatic N) is 2. The van der Waals surface area contributed by atoms with Crippen LogP contribution in [0.2, 0.25) is 0 Å². The molecule has 1 aliphatic rings. The summed E-state index contributed by atoms with van der Waals surface area (Å²) in [6, 6.07) is 4.26. The molecule has 0 aliphatic carbocycles. The van der Waals surface area contributed by atoms with E-state index >= 15 is 0 Å². The van der Waals surface area contributed by atoms with Crippen LogP contribution in [-0.2, 0) is 20.0 Å². The minimum atomic E-state index is -0.330. The predicted octanol–water partition coefficient (Wildman–Crippen LogP) is 4.37. The van der Waals surface area contributed by atoms with Gasteiger partial charge in [-0.3, -0.25) is 4.79 Å². The van der Waals surface area contributed by atoms with E-state index in [2.05, 4.69) is 46.5 Å². The first-order chi connectivity index (χ1) is 14.5. The molecule has 0 radical (unpaired) electrons. The normalized spacial score (nSPS) is 14.1. The van der Waals surface area contributed by atoms with Crippen molar-refractivity contribution in [3.8, 4) is 17.6 Å². The first kappa shape index (κ1) is 22.9. The lowest BCUT2D eigenvalue weighted by Crippen LogP contribution is -2.26. The zero-order chi connectivity index (χ0) is 21.6. The van der Waals surface area contributed by atoms with E-state index in [1.807, 2.05) is 29.8 Å². The summed E-state index contributed by atoms with van der Waals surface area (Å²) in [5, 5.41) is 0. The largest absolute Gasteiger partial charge is 0.493 e. The Hall–Kier alpha value is -1.82. The van der Waals surface area contributed by atoms with Crippen LogP contribution in [0.3, 0.4) is 0 Å². The molecular formula is C22H24N2O3S3. The molecule has 5 nitrogen and oxygen atoms in total. The van der Waals surface area contributed by atoms with Crippen LogP contribution in [0.4, 0.5) is 0 Å². The Kier molecular flexibility index (Phi) is 7.98. The van der Waals surface area contributed by atoms with Crippen molar-refractivity contribution >= 4 is 41.3 Å². The molecule has 1 aliphatic heterocycles. The maximum atomic E-state index is 11.6. The van der Waals surface area contributed by atoms with Gasteiger partial charge in [0.2, 0.25) is 0 Å². The van der Waals surface area contributed by atoms with Crippen LogP contribution in [0.15, 0.2) is 29.4 Å². The van der Waals surface area contributed by atoms with E-state index < -0.39 is 0 Å². The summed E-state index contributed by atoms with van der Waals surface area (Å²) in [6.45, 7) is 2.85. The second-order valence-electron chi connectivity index (χ2n) is 6.43. The number of fused-ring (bicyclic) bond motifs is 1. The SMILES string of the molecule is CCOC(=O)Cc1ncc(C#Cc2cc3c(cc2SC)OCCC3(SC)SC)cn1. The van der Waals surface area contributed by atoms with Crippen molar-refractivity contribution in [3.05, 3.63) is 47.0 Å². The molecule has 0 saturated heterocycles. The van der Waals surface area contributed by atoms with E-state index in [0.29, 0.717) is 18.0 Å². The fourth-order valence-electron chi connectivity index (χ4n) is 3.17. The van der Waals surface area contributed by atoms with Crippen molar-refractivity contribution in [1.29, 1.82) is 0 Å². The molecule has 0 atom stereocenters. The highest BCUT2D eigenvalue weighted by Gasteiger charge is 2.37. The van der Waals surface area contributed by atoms with Gasteiger partial charge in [-0.1, -0.05) is 11.8 Å². The van der Waals surface area contributed by atoms with Crippen LogP contribution >= 0.6 is 35.3 Å². The fraction of sp³-hybridized carbons (Fsp3) is 0.409. The highest BCUT2D eigenvalue weighted by molar-refractivity contribution is 8.16. The molecular weight excluding hydrogens is 436 g/mol. The fourth-order valence-corrected chi connectivity index (χ4v) is 5.73.